The van der Waals surface area contributed by atoms with Crippen molar-refractivity contribution in [2.24, 2.45) is 7.05 Å². The molecule has 1 aliphatic heterocycles. The molecule has 0 spiro atoms. The Labute approximate surface area is 730 Å². The molecule has 0 radical (unpaired) electrons. The molecule has 0 saturated carbocycles. The van der Waals surface area contributed by atoms with E-state index in [0.29, 0.717) is 11.5 Å². The Kier molecular flexibility index (Phi) is 35.3. The lowest BCUT2D eigenvalue weighted by atomic mass is 9.76. The number of ether oxygens (including phenoxy) is 4. The minimum absolute atomic E-state index is 0.0511. The number of aryl methyl sites for hydroxylation is 3. The molecule has 1 fully saturated rings. The van der Waals surface area contributed by atoms with E-state index in [4.69, 9.17) is 23.9 Å². The fourth-order valence-corrected chi connectivity index (χ4v) is 17.2. The second kappa shape index (κ2) is 44.1. The zero-order valence-electron chi connectivity index (χ0n) is 72.4. The number of pyridine rings is 1. The SMILES string of the molecule is Cc1cc(OCCCC(=O)NCCNC(=O)[C@H](CS(O)(O)O)NC(=O)[C@H](CS(O)(O)O)NC(=O)CN2CCN(CC(=O)OC(C)(C)C)CCN(CC(=O)OC(C)(C)C)CCN(CC(=O)OC(C)(C)C)CC2)cc(C)c1S(=O)(=O)N[C@@H](CNC(=O)c1cn(C)c2cc(CNc3nccn3C(c3ccccc3)(c3ccccc3)c3ccccc3)ccc2c1=O)C(=O)O. The summed E-state index contributed by atoms with van der Waals surface area (Å²) in [4.78, 5) is 146. The Bertz CT molecular complexity index is 4910. The molecule has 37 nitrogen and oxygen atoms in total. The molecule has 1 aliphatic rings. The van der Waals surface area contributed by atoms with Crippen molar-refractivity contribution in [2.75, 3.05) is 122 Å². The van der Waals surface area contributed by atoms with Crippen LogP contribution in [0.2, 0.25) is 0 Å². The van der Waals surface area contributed by atoms with E-state index in [0.717, 1.165) is 22.3 Å². The number of nitrogens with one attached hydrogen (secondary N) is 7. The average Bonchev–Trinajstić information content (AvgIpc) is 1.72. The summed E-state index contributed by atoms with van der Waals surface area (Å²) in [6.45, 7) is 17.3. The lowest BCUT2D eigenvalue weighted by molar-refractivity contribution is -0.158. The number of sulfonamides is 1. The number of carboxylic acid groups (broad SMARTS) is 1. The Hall–Kier alpha value is -10.4. The summed E-state index contributed by atoms with van der Waals surface area (Å²) < 4.78 is 118. The highest BCUT2D eigenvalue weighted by Crippen LogP contribution is 2.43. The third-order valence-corrected chi connectivity index (χ3v) is 22.9. The van der Waals surface area contributed by atoms with Crippen LogP contribution in [-0.4, -0.2) is 279 Å². The van der Waals surface area contributed by atoms with E-state index in [1.807, 2.05) is 65.7 Å². The van der Waals surface area contributed by atoms with Gasteiger partial charge in [0.05, 0.1) is 76.4 Å². The number of imidazole rings is 1. The second-order valence-corrected chi connectivity index (χ2v) is 38.3. The Morgan fingerprint density at radius 3 is 1.44 bits per heavy atom. The maximum Gasteiger partial charge on any atom is 0.323 e. The number of hydrogen-bond donors (Lipinski definition) is 14. The number of nitrogens with zero attached hydrogens (tertiary/aromatic N) is 7. The van der Waals surface area contributed by atoms with Crippen molar-refractivity contribution in [2.45, 2.75) is 141 Å². The van der Waals surface area contributed by atoms with E-state index < -0.39 is 156 Å². The van der Waals surface area contributed by atoms with Gasteiger partial charge in [-0.2, -0.15) is 4.72 Å². The van der Waals surface area contributed by atoms with Crippen LogP contribution in [0, 0.1) is 13.8 Å². The molecule has 7 aromatic rings. The van der Waals surface area contributed by atoms with Crippen molar-refractivity contribution in [3.05, 3.63) is 189 Å². The number of carbonyl (C=O) groups is 9. The maximum atomic E-state index is 14.1. The zero-order chi connectivity index (χ0) is 92.0. The molecule has 0 unspecified atom stereocenters. The molecule has 5 aromatic carbocycles. The lowest BCUT2D eigenvalue weighted by Crippen LogP contribution is -2.58. The molecule has 40 heteroatoms. The van der Waals surface area contributed by atoms with Crippen LogP contribution < -0.4 is 46.8 Å². The number of aliphatic carboxylic acids is 1. The maximum absolute atomic E-state index is 14.1. The van der Waals surface area contributed by atoms with Gasteiger partial charge in [-0.15, -0.1) is 0 Å². The topological polar surface area (TPSA) is 503 Å². The molecule has 0 aliphatic carbocycles. The Balaban J connectivity index is 0.822. The normalized spacial score (nSPS) is 15.1. The predicted octanol–water partition coefficient (Wildman–Crippen LogP) is 6.02. The quantitative estimate of drug-likeness (QED) is 0.00910. The number of anilines is 1. The standard InChI is InChI=1S/C85H118N14O23S3/c1-57-45-63(46-58(2)76(57)125(117,118)93-66(80(109)110)49-89-77(106)65-50-94(12)69-47-59(30-31-64(69)75(65)105)48-90-81-88-34-35-99(81)85(60-23-16-13-17-24-60,61-25-18-14-19-26-61)62-27-20-15-21-28-62)119-44-22-29-70(100)86-32-33-87-78(107)67(55-123(111,112)113)92-79(108)68(56-124(114,115)116)91-71(101)51-95-36-38-96(52-72(102)120-82(3,4)5)40-42-98(54-74(104)122-84(9,10)11)43-41-97(39-37-95)53-73(103)121-83(6,7)8/h13-21,23-28,30-31,34-35,45-47,50,66-68,93,111-116H,22,29,32-33,36-44,48-49,51-56H2,1-12H3,(H,86,100)(H,87,107)(H,88,90)(H,89,106)(H,91,101)(H,92,108)(H,109,110)/t66-,67-,68-/m0/s1. The molecule has 0 bridgehead atoms. The van der Waals surface area contributed by atoms with Crippen molar-refractivity contribution in [1.29, 1.82) is 0 Å². The van der Waals surface area contributed by atoms with Gasteiger partial charge < -0.3 is 87.8 Å². The second-order valence-electron chi connectivity index (χ2n) is 33.5. The average molecular weight is 1800 g/mol. The van der Waals surface area contributed by atoms with Crippen LogP contribution in [0.15, 0.2) is 150 Å². The molecule has 3 atom stereocenters. The van der Waals surface area contributed by atoms with Gasteiger partial charge in [0, 0.05) is 116 Å². The molecule has 5 amide bonds. The molecule has 3 heterocycles. The summed E-state index contributed by atoms with van der Waals surface area (Å²) in [6.07, 6.45) is 4.93. The van der Waals surface area contributed by atoms with Crippen LogP contribution >= 0.6 is 21.7 Å². The Morgan fingerprint density at radius 1 is 0.544 bits per heavy atom. The van der Waals surface area contributed by atoms with E-state index in [2.05, 4.69) is 77.6 Å². The largest absolute Gasteiger partial charge is 0.494 e. The van der Waals surface area contributed by atoms with Crippen LogP contribution in [-0.2, 0) is 81.7 Å². The number of esters is 3. The van der Waals surface area contributed by atoms with Crippen LogP contribution in [0.1, 0.15) is 119 Å². The number of amides is 5. The first-order chi connectivity index (χ1) is 58.5. The van der Waals surface area contributed by atoms with E-state index in [9.17, 15) is 88.8 Å². The van der Waals surface area contributed by atoms with Crippen LogP contribution in [0.5, 0.6) is 5.75 Å². The van der Waals surface area contributed by atoms with E-state index >= 15 is 0 Å². The van der Waals surface area contributed by atoms with Gasteiger partial charge >= 0.3 is 23.9 Å². The highest BCUT2D eigenvalue weighted by atomic mass is 32.3. The molecular weight excluding hydrogens is 1680 g/mol. The van der Waals surface area contributed by atoms with Crippen molar-refractivity contribution in [3.8, 4) is 5.75 Å². The van der Waals surface area contributed by atoms with Gasteiger partial charge in [0.2, 0.25) is 45.0 Å². The predicted molar refractivity (Wildman–Crippen MR) is 472 cm³/mol. The van der Waals surface area contributed by atoms with Gasteiger partial charge in [-0.25, -0.2) is 13.4 Å². The number of carbonyl (C=O) groups excluding carboxylic acids is 8. The van der Waals surface area contributed by atoms with Crippen molar-refractivity contribution in [3.63, 3.8) is 0 Å². The number of rotatable bonds is 38. The first-order valence-electron chi connectivity index (χ1n) is 40.5. The minimum Gasteiger partial charge on any atom is -0.494 e. The fourth-order valence-electron chi connectivity index (χ4n) is 14.2. The number of fused-ring (bicyclic) bond motifs is 1. The summed E-state index contributed by atoms with van der Waals surface area (Å²) >= 11 is 0. The molecular formula is C85H118N14O23S3. The molecule has 125 heavy (non-hydrogen) atoms. The highest BCUT2D eigenvalue weighted by Gasteiger charge is 2.41. The smallest absolute Gasteiger partial charge is 0.323 e. The van der Waals surface area contributed by atoms with Crippen molar-refractivity contribution in [1.82, 2.24) is 65.0 Å². The molecule has 684 valence electrons. The van der Waals surface area contributed by atoms with Gasteiger partial charge in [-0.1, -0.05) is 97.1 Å². The summed E-state index contributed by atoms with van der Waals surface area (Å²) in [5.74, 6) is -9.91. The summed E-state index contributed by atoms with van der Waals surface area (Å²) in [6, 6.07) is 32.3. The van der Waals surface area contributed by atoms with Crippen LogP contribution in [0.3, 0.4) is 0 Å². The monoisotopic (exact) mass is 1800 g/mol. The number of aromatic nitrogens is 3. The van der Waals surface area contributed by atoms with Crippen LogP contribution in [0.4, 0.5) is 5.95 Å². The van der Waals surface area contributed by atoms with E-state index in [-0.39, 0.29) is 144 Å². The van der Waals surface area contributed by atoms with Gasteiger partial charge in [0.1, 0.15) is 51.8 Å². The molecule has 8 rings (SSSR count). The van der Waals surface area contributed by atoms with Crippen LogP contribution in [0.25, 0.3) is 10.9 Å². The molecule has 14 N–H and O–H groups in total. The highest BCUT2D eigenvalue weighted by molar-refractivity contribution is 8.19. The van der Waals surface area contributed by atoms with Gasteiger partial charge in [0.15, 0.2) is 0 Å². The summed E-state index contributed by atoms with van der Waals surface area (Å²) in [5, 5.41) is 25.8. The number of hydrogen-bond acceptors (Lipinski definition) is 28. The van der Waals surface area contributed by atoms with E-state index in [1.165, 1.54) is 32.2 Å². The zero-order valence-corrected chi connectivity index (χ0v) is 74.8. The van der Waals surface area contributed by atoms with Crippen molar-refractivity contribution < 1.29 is 103 Å². The van der Waals surface area contributed by atoms with Gasteiger partial charge in [-0.3, -0.25) is 72.1 Å². The molecule has 1 saturated heterocycles. The Morgan fingerprint density at radius 2 is 0.992 bits per heavy atom. The molecule has 2 aromatic heterocycles. The summed E-state index contributed by atoms with van der Waals surface area (Å²) in [7, 11) is -12.2. The summed E-state index contributed by atoms with van der Waals surface area (Å²) in [5.41, 5.74) is 0.227. The van der Waals surface area contributed by atoms with Crippen molar-refractivity contribution >= 4 is 102 Å². The third-order valence-electron chi connectivity index (χ3n) is 19.5. The van der Waals surface area contributed by atoms with Gasteiger partial charge in [0.25, 0.3) is 5.91 Å². The number of benzene rings is 5. The number of carboxylic acids is 1. The van der Waals surface area contributed by atoms with Gasteiger partial charge in [-0.05, 0) is 140 Å². The minimum atomic E-state index is -4.63. The lowest BCUT2D eigenvalue weighted by Gasteiger charge is -2.38. The van der Waals surface area contributed by atoms with E-state index in [1.54, 1.807) is 113 Å². The third kappa shape index (κ3) is 31.3. The fraction of sp³-hybridized carbons (Fsp3) is 0.471. The first kappa shape index (κ1) is 100.0. The first-order valence-corrected chi connectivity index (χ1v) is 45.4.